The van der Waals surface area contributed by atoms with Gasteiger partial charge in [0.1, 0.15) is 17.9 Å². The number of fused-ring (bicyclic) bond motifs is 1. The van der Waals surface area contributed by atoms with Crippen LogP contribution in [0.4, 0.5) is 4.39 Å². The van der Waals surface area contributed by atoms with Crippen LogP contribution in [-0.4, -0.2) is 19.6 Å². The average Bonchev–Trinajstić information content (AvgIpc) is 2.91. The molecule has 6 nitrogen and oxygen atoms in total. The van der Waals surface area contributed by atoms with Gasteiger partial charge in [-0.05, 0) is 31.2 Å². The van der Waals surface area contributed by atoms with Gasteiger partial charge in [0.05, 0.1) is 23.6 Å². The van der Waals surface area contributed by atoms with Crippen molar-refractivity contribution in [3.05, 3.63) is 52.3 Å². The minimum absolute atomic E-state index is 0.135. The van der Waals surface area contributed by atoms with Gasteiger partial charge < -0.3 is 0 Å². The normalized spacial score (nSPS) is 10.7. The molecule has 0 radical (unpaired) electrons. The number of benzene rings is 1. The second-order valence-corrected chi connectivity index (χ2v) is 4.50. The van der Waals surface area contributed by atoms with Gasteiger partial charge in [0.25, 0.3) is 5.56 Å². The molecule has 0 aliphatic heterocycles. The summed E-state index contributed by atoms with van der Waals surface area (Å²) in [7, 11) is 0. The number of rotatable bonds is 2. The highest BCUT2D eigenvalue weighted by Gasteiger charge is 2.14. The summed E-state index contributed by atoms with van der Waals surface area (Å²) < 4.78 is 15.5. The minimum Gasteiger partial charge on any atom is -0.265 e. The lowest BCUT2D eigenvalue weighted by Crippen LogP contribution is -2.25. The highest BCUT2D eigenvalue weighted by Crippen LogP contribution is 2.17. The summed E-state index contributed by atoms with van der Waals surface area (Å²) in [5, 5.41) is 17.6. The van der Waals surface area contributed by atoms with E-state index in [1.54, 1.807) is 13.1 Å². The van der Waals surface area contributed by atoms with Crippen LogP contribution in [0.5, 0.6) is 0 Å². The lowest BCUT2D eigenvalue weighted by molar-refractivity contribution is 0.627. The number of aromatic nitrogens is 4. The third-order valence-corrected chi connectivity index (χ3v) is 3.16. The SMILES string of the molecule is Cc1nn(CC#N)c(=O)c2c1cnn2-c1ccc(F)cc1. The zero-order valence-corrected chi connectivity index (χ0v) is 11.1. The molecular formula is C14H10FN5O. The fourth-order valence-electron chi connectivity index (χ4n) is 2.17. The first-order chi connectivity index (χ1) is 10.1. The third kappa shape index (κ3) is 2.07. The molecule has 0 saturated carbocycles. The smallest absolute Gasteiger partial charge is 0.265 e. The molecule has 0 amide bonds. The van der Waals surface area contributed by atoms with Gasteiger partial charge in [0.2, 0.25) is 0 Å². The molecule has 1 aromatic carbocycles. The van der Waals surface area contributed by atoms with Crippen molar-refractivity contribution in [1.29, 1.82) is 5.26 Å². The van der Waals surface area contributed by atoms with Gasteiger partial charge >= 0.3 is 0 Å². The summed E-state index contributed by atoms with van der Waals surface area (Å²) in [4.78, 5) is 12.4. The molecule has 0 bridgehead atoms. The van der Waals surface area contributed by atoms with Crippen molar-refractivity contribution in [3.63, 3.8) is 0 Å². The molecule has 3 aromatic rings. The van der Waals surface area contributed by atoms with Gasteiger partial charge in [-0.3, -0.25) is 4.79 Å². The van der Waals surface area contributed by atoms with Crippen LogP contribution in [0.1, 0.15) is 5.69 Å². The Morgan fingerprint density at radius 3 is 2.71 bits per heavy atom. The molecule has 0 aliphatic carbocycles. The Bertz CT molecular complexity index is 917. The van der Waals surface area contributed by atoms with Crippen molar-refractivity contribution in [1.82, 2.24) is 19.6 Å². The van der Waals surface area contributed by atoms with Crippen molar-refractivity contribution in [3.8, 4) is 11.8 Å². The Morgan fingerprint density at radius 1 is 1.33 bits per heavy atom. The van der Waals surface area contributed by atoms with Crippen LogP contribution in [0, 0.1) is 24.1 Å². The van der Waals surface area contributed by atoms with Gasteiger partial charge in [0.15, 0.2) is 0 Å². The summed E-state index contributed by atoms with van der Waals surface area (Å²) in [6.07, 6.45) is 1.54. The maximum atomic E-state index is 13.0. The topological polar surface area (TPSA) is 76.5 Å². The van der Waals surface area contributed by atoms with E-state index < -0.39 is 5.56 Å². The molecule has 2 heterocycles. The lowest BCUT2D eigenvalue weighted by atomic mass is 10.2. The molecule has 0 atom stereocenters. The van der Waals surface area contributed by atoms with Crippen LogP contribution in [0.2, 0.25) is 0 Å². The Kier molecular flexibility index (Phi) is 2.99. The van der Waals surface area contributed by atoms with Crippen LogP contribution in [-0.2, 0) is 6.54 Å². The van der Waals surface area contributed by atoms with Crippen LogP contribution in [0.15, 0.2) is 35.3 Å². The Morgan fingerprint density at radius 2 is 2.05 bits per heavy atom. The van der Waals surface area contributed by atoms with Gasteiger partial charge in [-0.2, -0.15) is 15.5 Å². The van der Waals surface area contributed by atoms with Crippen molar-refractivity contribution in [2.24, 2.45) is 0 Å². The van der Waals surface area contributed by atoms with Crippen molar-refractivity contribution < 1.29 is 4.39 Å². The molecule has 0 N–H and O–H groups in total. The quantitative estimate of drug-likeness (QED) is 0.715. The average molecular weight is 283 g/mol. The van der Waals surface area contributed by atoms with Gasteiger partial charge in [-0.1, -0.05) is 0 Å². The van der Waals surface area contributed by atoms with E-state index in [0.29, 0.717) is 22.3 Å². The maximum absolute atomic E-state index is 13.0. The predicted octanol–water partition coefficient (Wildman–Crippen LogP) is 1.55. The Labute approximate surface area is 118 Å². The number of aryl methyl sites for hydroxylation is 1. The molecular weight excluding hydrogens is 273 g/mol. The second-order valence-electron chi connectivity index (χ2n) is 4.50. The molecule has 0 spiro atoms. The molecule has 2 aromatic heterocycles. The van der Waals surface area contributed by atoms with E-state index >= 15 is 0 Å². The van der Waals surface area contributed by atoms with Crippen LogP contribution in [0.3, 0.4) is 0 Å². The fourth-order valence-corrected chi connectivity index (χ4v) is 2.17. The molecule has 0 aliphatic rings. The van der Waals surface area contributed by atoms with Crippen LogP contribution in [0.25, 0.3) is 16.6 Å². The van der Waals surface area contributed by atoms with E-state index in [4.69, 9.17) is 5.26 Å². The first-order valence-corrected chi connectivity index (χ1v) is 6.20. The minimum atomic E-state index is -0.404. The Hall–Kier alpha value is -3.01. The van der Waals surface area contributed by atoms with Crippen LogP contribution < -0.4 is 5.56 Å². The van der Waals surface area contributed by atoms with E-state index in [1.807, 2.05) is 6.07 Å². The third-order valence-electron chi connectivity index (χ3n) is 3.16. The molecule has 3 rings (SSSR count). The van der Waals surface area contributed by atoms with E-state index in [1.165, 1.54) is 28.9 Å². The summed E-state index contributed by atoms with van der Waals surface area (Å²) in [5.74, 6) is -0.366. The Balaban J connectivity index is 2.33. The molecule has 0 unspecified atom stereocenters. The maximum Gasteiger partial charge on any atom is 0.294 e. The fraction of sp³-hybridized carbons (Fsp3) is 0.143. The second kappa shape index (κ2) is 4.83. The number of halogens is 1. The van der Waals surface area contributed by atoms with Gasteiger partial charge in [-0.15, -0.1) is 0 Å². The van der Waals surface area contributed by atoms with Crippen LogP contribution >= 0.6 is 0 Å². The van der Waals surface area contributed by atoms with Crippen molar-refractivity contribution >= 4 is 10.9 Å². The molecule has 0 fully saturated rings. The summed E-state index contributed by atoms with van der Waals surface area (Å²) in [6, 6.07) is 7.56. The number of hydrogen-bond acceptors (Lipinski definition) is 4. The van der Waals surface area contributed by atoms with Crippen molar-refractivity contribution in [2.75, 3.05) is 0 Å². The zero-order chi connectivity index (χ0) is 15.0. The molecule has 7 heteroatoms. The van der Waals surface area contributed by atoms with Gasteiger partial charge in [0, 0.05) is 5.39 Å². The van der Waals surface area contributed by atoms with E-state index in [-0.39, 0.29) is 12.4 Å². The van der Waals surface area contributed by atoms with Gasteiger partial charge in [-0.25, -0.2) is 13.8 Å². The highest BCUT2D eigenvalue weighted by atomic mass is 19.1. The first kappa shape index (κ1) is 13.0. The van der Waals surface area contributed by atoms with E-state index in [2.05, 4.69) is 10.2 Å². The monoisotopic (exact) mass is 283 g/mol. The highest BCUT2D eigenvalue weighted by molar-refractivity contribution is 5.81. The van der Waals surface area contributed by atoms with Crippen molar-refractivity contribution in [2.45, 2.75) is 13.5 Å². The summed E-state index contributed by atoms with van der Waals surface area (Å²) in [5.41, 5.74) is 1.09. The first-order valence-electron chi connectivity index (χ1n) is 6.20. The number of hydrogen-bond donors (Lipinski definition) is 0. The molecule has 21 heavy (non-hydrogen) atoms. The zero-order valence-electron chi connectivity index (χ0n) is 11.1. The number of nitriles is 1. The molecule has 104 valence electrons. The summed E-state index contributed by atoms with van der Waals surface area (Å²) >= 11 is 0. The largest absolute Gasteiger partial charge is 0.294 e. The lowest BCUT2D eigenvalue weighted by Gasteiger charge is -2.06. The standard InChI is InChI=1S/C14H10FN5O/c1-9-12-8-17-20(11-4-2-10(15)3-5-11)13(12)14(21)19(18-9)7-6-16/h2-5,8H,7H2,1H3. The molecule has 0 saturated heterocycles. The number of nitrogens with zero attached hydrogens (tertiary/aromatic N) is 5. The van der Waals surface area contributed by atoms with E-state index in [0.717, 1.165) is 4.68 Å². The summed E-state index contributed by atoms with van der Waals surface area (Å²) in [6.45, 7) is 1.61. The van der Waals surface area contributed by atoms with E-state index in [9.17, 15) is 9.18 Å². The predicted molar refractivity (Wildman–Crippen MR) is 73.4 cm³/mol.